The molecular weight excluding hydrogens is 335 g/mol. The van der Waals surface area contributed by atoms with Crippen LogP contribution in [-0.4, -0.2) is 12.5 Å². The topological polar surface area (TPSA) is 17.1 Å². The van der Waals surface area contributed by atoms with E-state index in [2.05, 4.69) is 20.8 Å². The molecule has 0 aromatic carbocycles. The molecule has 0 bridgehead atoms. The number of halogens is 1. The van der Waals surface area contributed by atoms with Crippen molar-refractivity contribution in [1.82, 2.24) is 0 Å². The molecule has 4 aliphatic rings. The van der Waals surface area contributed by atoms with E-state index < -0.39 is 6.67 Å². The summed E-state index contributed by atoms with van der Waals surface area (Å²) < 4.78 is 12.6. The average molecular weight is 377 g/mol. The van der Waals surface area contributed by atoms with Gasteiger partial charge in [-0.1, -0.05) is 33.6 Å². The molecule has 4 rings (SSSR count). The fourth-order valence-corrected chi connectivity index (χ4v) is 8.93. The first-order valence-electron chi connectivity index (χ1n) is 12.0. The van der Waals surface area contributed by atoms with E-state index in [0.29, 0.717) is 23.2 Å². The lowest BCUT2D eigenvalue weighted by atomic mass is 9.44. The maximum Gasteiger partial charge on any atom is 0.163 e. The number of rotatable bonds is 5. The molecule has 0 N–H and O–H groups in total. The second kappa shape index (κ2) is 7.45. The van der Waals surface area contributed by atoms with Gasteiger partial charge in [0.15, 0.2) is 5.78 Å². The van der Waals surface area contributed by atoms with E-state index in [0.717, 1.165) is 36.0 Å². The van der Waals surface area contributed by atoms with E-state index in [9.17, 15) is 9.18 Å². The molecule has 1 nitrogen and oxygen atoms in total. The quantitative estimate of drug-likeness (QED) is 0.505. The summed E-state index contributed by atoms with van der Waals surface area (Å²) in [6.07, 6.45) is 15.8. The zero-order valence-corrected chi connectivity index (χ0v) is 17.9. The number of hydrogen-bond acceptors (Lipinski definition) is 1. The third-order valence-electron chi connectivity index (χ3n) is 10.4. The molecule has 0 aromatic rings. The van der Waals surface area contributed by atoms with Gasteiger partial charge in [-0.2, -0.15) is 0 Å². The Morgan fingerprint density at radius 2 is 1.74 bits per heavy atom. The number of fused-ring (bicyclic) bond motifs is 5. The lowest BCUT2D eigenvalue weighted by Crippen LogP contribution is -2.53. The SMILES string of the molecule is C[C@H](CCC(=O)CF)[C@H]1CC[C@H]2C3CCC4CCCCC4(C)[C@H]3CCC12C. The Hall–Kier alpha value is -0.400. The van der Waals surface area contributed by atoms with Crippen LogP contribution in [0, 0.1) is 46.3 Å². The minimum Gasteiger partial charge on any atom is -0.297 e. The maximum absolute atomic E-state index is 12.6. The first kappa shape index (κ1) is 19.9. The molecule has 0 spiro atoms. The summed E-state index contributed by atoms with van der Waals surface area (Å²) in [4.78, 5) is 11.5. The number of ketones is 1. The molecule has 0 amide bonds. The Balaban J connectivity index is 1.49. The van der Waals surface area contributed by atoms with Crippen molar-refractivity contribution in [2.75, 3.05) is 6.67 Å². The van der Waals surface area contributed by atoms with Crippen LogP contribution < -0.4 is 0 Å². The molecule has 4 fully saturated rings. The van der Waals surface area contributed by atoms with Gasteiger partial charge in [0.2, 0.25) is 0 Å². The van der Waals surface area contributed by atoms with E-state index in [4.69, 9.17) is 0 Å². The van der Waals surface area contributed by atoms with Crippen molar-refractivity contribution in [2.24, 2.45) is 46.3 Å². The van der Waals surface area contributed by atoms with Crippen LogP contribution in [0.15, 0.2) is 0 Å². The van der Waals surface area contributed by atoms with Crippen LogP contribution in [0.2, 0.25) is 0 Å². The van der Waals surface area contributed by atoms with Crippen LogP contribution >= 0.6 is 0 Å². The Kier molecular flexibility index (Phi) is 5.49. The van der Waals surface area contributed by atoms with Gasteiger partial charge in [-0.15, -0.1) is 0 Å². The summed E-state index contributed by atoms with van der Waals surface area (Å²) in [5, 5.41) is 0. The second-order valence-electron chi connectivity index (χ2n) is 11.3. The molecule has 8 atom stereocenters. The highest BCUT2D eigenvalue weighted by Crippen LogP contribution is 2.68. The van der Waals surface area contributed by atoms with Gasteiger partial charge in [-0.3, -0.25) is 4.79 Å². The molecule has 4 aliphatic carbocycles. The summed E-state index contributed by atoms with van der Waals surface area (Å²) >= 11 is 0. The van der Waals surface area contributed by atoms with E-state index in [1.54, 1.807) is 0 Å². The average Bonchev–Trinajstić information content (AvgIpc) is 3.02. The number of hydrogen-bond donors (Lipinski definition) is 0. The van der Waals surface area contributed by atoms with Gasteiger partial charge in [0.1, 0.15) is 6.67 Å². The second-order valence-corrected chi connectivity index (χ2v) is 11.3. The van der Waals surface area contributed by atoms with Crippen LogP contribution in [-0.2, 0) is 4.79 Å². The highest BCUT2D eigenvalue weighted by atomic mass is 19.1. The van der Waals surface area contributed by atoms with Crippen molar-refractivity contribution in [3.63, 3.8) is 0 Å². The normalized spacial score (nSPS) is 47.6. The van der Waals surface area contributed by atoms with E-state index in [-0.39, 0.29) is 5.78 Å². The van der Waals surface area contributed by atoms with Crippen molar-refractivity contribution < 1.29 is 9.18 Å². The Labute approximate surface area is 166 Å². The smallest absolute Gasteiger partial charge is 0.163 e. The Morgan fingerprint density at radius 3 is 2.52 bits per heavy atom. The molecule has 4 unspecified atom stereocenters. The number of carbonyl (C=O) groups excluding carboxylic acids is 1. The maximum atomic E-state index is 12.6. The molecule has 0 radical (unpaired) electrons. The molecule has 0 aromatic heterocycles. The lowest BCUT2D eigenvalue weighted by Gasteiger charge is -2.61. The summed E-state index contributed by atoms with van der Waals surface area (Å²) in [6, 6.07) is 0. The number of alkyl halides is 1. The monoisotopic (exact) mass is 376 g/mol. The van der Waals surface area contributed by atoms with Crippen LogP contribution in [0.4, 0.5) is 4.39 Å². The number of Topliss-reactive ketones (excluding diaryl/α,β-unsaturated/α-hetero) is 1. The van der Waals surface area contributed by atoms with Gasteiger partial charge < -0.3 is 0 Å². The van der Waals surface area contributed by atoms with Crippen molar-refractivity contribution in [3.8, 4) is 0 Å². The van der Waals surface area contributed by atoms with Crippen molar-refractivity contribution in [3.05, 3.63) is 0 Å². The third kappa shape index (κ3) is 3.21. The predicted molar refractivity (Wildman–Crippen MR) is 109 cm³/mol. The standard InChI is InChI=1S/C25H41FO/c1-17(7-9-19(27)16-26)21-11-12-22-20-10-8-18-6-4-5-14-24(18,2)23(20)13-15-25(21,22)3/h17-18,20-23H,4-16H2,1-3H3/t17-,18?,20?,21-,22+,23+,24?,25?/m1/s1. The van der Waals surface area contributed by atoms with Gasteiger partial charge in [0.05, 0.1) is 0 Å². The van der Waals surface area contributed by atoms with Crippen molar-refractivity contribution in [1.29, 1.82) is 0 Å². The highest BCUT2D eigenvalue weighted by Gasteiger charge is 2.60. The van der Waals surface area contributed by atoms with Crippen LogP contribution in [0.5, 0.6) is 0 Å². The van der Waals surface area contributed by atoms with Gasteiger partial charge in [-0.25, -0.2) is 4.39 Å². The largest absolute Gasteiger partial charge is 0.297 e. The van der Waals surface area contributed by atoms with E-state index >= 15 is 0 Å². The Morgan fingerprint density at radius 1 is 0.963 bits per heavy atom. The van der Waals surface area contributed by atoms with Gasteiger partial charge in [-0.05, 0) is 104 Å². The predicted octanol–water partition coefficient (Wildman–Crippen LogP) is 6.99. The molecule has 4 saturated carbocycles. The minimum atomic E-state index is -0.777. The highest BCUT2D eigenvalue weighted by molar-refractivity contribution is 5.79. The van der Waals surface area contributed by atoms with Gasteiger partial charge in [0, 0.05) is 6.42 Å². The molecule has 0 heterocycles. The van der Waals surface area contributed by atoms with Crippen LogP contribution in [0.1, 0.15) is 97.8 Å². The number of carbonyl (C=O) groups is 1. The molecular formula is C25H41FO. The van der Waals surface area contributed by atoms with Crippen LogP contribution in [0.25, 0.3) is 0 Å². The third-order valence-corrected chi connectivity index (χ3v) is 10.4. The summed E-state index contributed by atoms with van der Waals surface area (Å²) in [6.45, 7) is 6.82. The molecule has 27 heavy (non-hydrogen) atoms. The van der Waals surface area contributed by atoms with Crippen LogP contribution in [0.3, 0.4) is 0 Å². The fourth-order valence-electron chi connectivity index (χ4n) is 8.93. The summed E-state index contributed by atoms with van der Waals surface area (Å²) in [5.41, 5.74) is 1.09. The van der Waals surface area contributed by atoms with Crippen molar-refractivity contribution >= 4 is 5.78 Å². The fraction of sp³-hybridized carbons (Fsp3) is 0.960. The zero-order valence-electron chi connectivity index (χ0n) is 17.9. The molecule has 154 valence electrons. The first-order chi connectivity index (χ1) is 12.9. The molecule has 0 saturated heterocycles. The first-order valence-corrected chi connectivity index (χ1v) is 12.0. The van der Waals surface area contributed by atoms with E-state index in [1.165, 1.54) is 64.2 Å². The Bertz CT molecular complexity index is 559. The summed E-state index contributed by atoms with van der Waals surface area (Å²) in [5.74, 6) is 4.93. The summed E-state index contributed by atoms with van der Waals surface area (Å²) in [7, 11) is 0. The molecule has 0 aliphatic heterocycles. The van der Waals surface area contributed by atoms with Gasteiger partial charge in [0.25, 0.3) is 0 Å². The lowest BCUT2D eigenvalue weighted by molar-refractivity contribution is -0.121. The zero-order chi connectivity index (χ0) is 19.2. The molecule has 2 heteroatoms. The van der Waals surface area contributed by atoms with Gasteiger partial charge >= 0.3 is 0 Å². The van der Waals surface area contributed by atoms with E-state index in [1.807, 2.05) is 0 Å². The minimum absolute atomic E-state index is 0.200. The van der Waals surface area contributed by atoms with Crippen molar-refractivity contribution in [2.45, 2.75) is 97.8 Å².